The first kappa shape index (κ1) is 38.0. The first-order valence-corrected chi connectivity index (χ1v) is 15.9. The van der Waals surface area contributed by atoms with E-state index in [1.165, 1.54) is 12.1 Å². The van der Waals surface area contributed by atoms with Crippen LogP contribution in [0.15, 0.2) is 60.7 Å². The Balaban J connectivity index is 2.77. The van der Waals surface area contributed by atoms with Crippen molar-refractivity contribution in [3.63, 3.8) is 0 Å². The van der Waals surface area contributed by atoms with E-state index in [1.807, 2.05) is 0 Å². The molecule has 2 aromatic carbocycles. The molecule has 23 heteroatoms. The van der Waals surface area contributed by atoms with Gasteiger partial charge >= 0.3 is 240 Å². The summed E-state index contributed by atoms with van der Waals surface area (Å²) >= 11 is -5.98. The number of hydrogen-bond acceptors (Lipinski definition) is 4. The molecule has 0 fully saturated rings. The van der Waals surface area contributed by atoms with Crippen LogP contribution in [0.3, 0.4) is 0 Å². The predicted octanol–water partition coefficient (Wildman–Crippen LogP) is 4.68. The molecule has 2 aromatic rings. The van der Waals surface area contributed by atoms with Gasteiger partial charge in [0.2, 0.25) is 0 Å². The van der Waals surface area contributed by atoms with Crippen molar-refractivity contribution < 1.29 is 108 Å². The van der Waals surface area contributed by atoms with Crippen molar-refractivity contribution in [2.75, 3.05) is 7.11 Å². The molecule has 0 aromatic heterocycles. The molecular formula is C21H13F17IO4S+. The second-order valence-corrected chi connectivity index (χ2v) is 16.8. The standard InChI is InChI=1S/C21H13F17IO4S/c1-42-39(12-8-4-2-5-9-12,13-10-6-3-7-11-13)43-44(40,41)21(37,38)19(32,33)17(28,29)15(24,25)14(22,23)16(26,27)18(30,31)20(34,35)36/h2-11H,1H3/q+1. The molecule has 252 valence electrons. The van der Waals surface area contributed by atoms with Crippen molar-refractivity contribution in [3.05, 3.63) is 67.8 Å². The topological polar surface area (TPSA) is 52.6 Å². The maximum atomic E-state index is 14.7. The van der Waals surface area contributed by atoms with E-state index in [2.05, 4.69) is 2.51 Å². The Kier molecular flexibility index (Phi) is 9.75. The SMILES string of the molecule is CO[I+](OS(=O)(=O)C(F)(F)C(F)(F)C(F)(F)C(F)(F)C(F)(F)C(F)(F)C(F)(F)C(F)(F)F)(c1ccccc1)c1ccccc1. The molecule has 0 aliphatic carbocycles. The summed E-state index contributed by atoms with van der Waals surface area (Å²) in [5.74, 6) is -52.2. The van der Waals surface area contributed by atoms with E-state index in [-0.39, 0.29) is 0 Å². The molecule has 0 saturated heterocycles. The fourth-order valence-electron chi connectivity index (χ4n) is 3.03. The van der Waals surface area contributed by atoms with Gasteiger partial charge in [-0.1, -0.05) is 0 Å². The van der Waals surface area contributed by atoms with Gasteiger partial charge in [0.15, 0.2) is 0 Å². The van der Waals surface area contributed by atoms with Crippen molar-refractivity contribution in [3.8, 4) is 0 Å². The summed E-state index contributed by atoms with van der Waals surface area (Å²) in [4.78, 5) is 0. The van der Waals surface area contributed by atoms with Crippen LogP contribution in [0.4, 0.5) is 74.6 Å². The van der Waals surface area contributed by atoms with Crippen LogP contribution in [0.1, 0.15) is 0 Å². The molecule has 0 atom stereocenters. The molecule has 2 rings (SSSR count). The van der Waals surface area contributed by atoms with Gasteiger partial charge in [0.1, 0.15) is 0 Å². The molecule has 44 heavy (non-hydrogen) atoms. The second-order valence-electron chi connectivity index (χ2n) is 8.19. The molecular weight excluding hydrogens is 798 g/mol. The zero-order valence-electron chi connectivity index (χ0n) is 20.6. The van der Waals surface area contributed by atoms with Gasteiger partial charge in [-0.25, -0.2) is 0 Å². The van der Waals surface area contributed by atoms with E-state index in [1.54, 1.807) is 0 Å². The fourth-order valence-corrected chi connectivity index (χ4v) is 12.8. The molecule has 0 amide bonds. The second kappa shape index (κ2) is 11.3. The quantitative estimate of drug-likeness (QED) is 0.231. The van der Waals surface area contributed by atoms with Crippen molar-refractivity contribution >= 4 is 10.1 Å². The van der Waals surface area contributed by atoms with Crippen LogP contribution in [0.25, 0.3) is 0 Å². The molecule has 0 spiro atoms. The van der Waals surface area contributed by atoms with Crippen molar-refractivity contribution in [1.29, 1.82) is 0 Å². The summed E-state index contributed by atoms with van der Waals surface area (Å²) in [6.45, 7) is 0. The molecule has 0 unspecified atom stereocenters. The first-order chi connectivity index (χ1) is 19.5. The van der Waals surface area contributed by atoms with Crippen LogP contribution < -0.4 is 19.3 Å². The molecule has 0 heterocycles. The molecule has 0 saturated carbocycles. The van der Waals surface area contributed by atoms with Gasteiger partial charge in [0.25, 0.3) is 0 Å². The van der Waals surface area contributed by atoms with Gasteiger partial charge in [-0.2, -0.15) is 0 Å². The van der Waals surface area contributed by atoms with Crippen LogP contribution in [-0.4, -0.2) is 62.5 Å². The number of alkyl halides is 17. The third kappa shape index (κ3) is 5.27. The van der Waals surface area contributed by atoms with Gasteiger partial charge in [0.05, 0.1) is 0 Å². The summed E-state index contributed by atoms with van der Waals surface area (Å²) < 4.78 is 265. The molecule has 0 aliphatic rings. The minimum absolute atomic E-state index is 0.534. The Morgan fingerprint density at radius 1 is 0.500 bits per heavy atom. The van der Waals surface area contributed by atoms with Crippen LogP contribution in [0.2, 0.25) is 0 Å². The number of rotatable bonds is 12. The van der Waals surface area contributed by atoms with Crippen LogP contribution in [0.5, 0.6) is 0 Å². The third-order valence-corrected chi connectivity index (χ3v) is 15.6. The number of hydrogen-bond donors (Lipinski definition) is 0. The van der Waals surface area contributed by atoms with Crippen LogP contribution >= 0.6 is 0 Å². The van der Waals surface area contributed by atoms with Crippen molar-refractivity contribution in [1.82, 2.24) is 0 Å². The average Bonchev–Trinajstić information content (AvgIpc) is 2.91. The maximum absolute atomic E-state index is 14.7. The Labute approximate surface area is 239 Å². The molecule has 0 radical (unpaired) electrons. The van der Waals surface area contributed by atoms with Gasteiger partial charge in [-0.15, -0.1) is 0 Å². The van der Waals surface area contributed by atoms with Crippen LogP contribution in [0, 0.1) is 7.14 Å². The summed E-state index contributed by atoms with van der Waals surface area (Å²) in [5, 5.41) is -7.83. The number of halogens is 18. The van der Waals surface area contributed by atoms with E-state index in [4.69, 9.17) is 3.07 Å². The zero-order chi connectivity index (χ0) is 34.6. The minimum atomic E-state index is -8.95. The monoisotopic (exact) mass is 811 g/mol. The normalized spacial score (nSPS) is 15.8. The summed E-state index contributed by atoms with van der Waals surface area (Å²) in [5.41, 5.74) is 0. The van der Waals surface area contributed by atoms with Crippen molar-refractivity contribution in [2.45, 2.75) is 47.0 Å². The fraction of sp³-hybridized carbons (Fsp3) is 0.429. The van der Waals surface area contributed by atoms with E-state index < -0.39 is 83.5 Å². The predicted molar refractivity (Wildman–Crippen MR) is 108 cm³/mol. The molecule has 0 bridgehead atoms. The van der Waals surface area contributed by atoms with E-state index in [9.17, 15) is 83.1 Å². The Hall–Kier alpha value is -2.15. The van der Waals surface area contributed by atoms with E-state index in [0.717, 1.165) is 48.5 Å². The summed E-state index contributed by atoms with van der Waals surface area (Å²) in [6, 6.07) is 10.2. The third-order valence-electron chi connectivity index (χ3n) is 5.44. The Bertz CT molecular complexity index is 1380. The van der Waals surface area contributed by atoms with E-state index >= 15 is 0 Å². The average molecular weight is 811 g/mol. The zero-order valence-corrected chi connectivity index (χ0v) is 23.6. The van der Waals surface area contributed by atoms with Gasteiger partial charge in [-0.3, -0.25) is 0 Å². The molecule has 0 N–H and O–H groups in total. The van der Waals surface area contributed by atoms with Gasteiger partial charge in [-0.05, 0) is 0 Å². The Morgan fingerprint density at radius 2 is 0.795 bits per heavy atom. The van der Waals surface area contributed by atoms with Crippen molar-refractivity contribution in [2.24, 2.45) is 0 Å². The van der Waals surface area contributed by atoms with E-state index in [0.29, 0.717) is 7.11 Å². The number of benzene rings is 2. The van der Waals surface area contributed by atoms with Gasteiger partial charge < -0.3 is 0 Å². The first-order valence-electron chi connectivity index (χ1n) is 10.6. The van der Waals surface area contributed by atoms with Crippen LogP contribution in [-0.2, 0) is 15.7 Å². The Morgan fingerprint density at radius 3 is 1.09 bits per heavy atom. The van der Waals surface area contributed by atoms with Gasteiger partial charge in [0, 0.05) is 0 Å². The molecule has 0 aliphatic heterocycles. The molecule has 4 nitrogen and oxygen atoms in total. The summed E-state index contributed by atoms with van der Waals surface area (Å²) in [6.07, 6.45) is -7.92. The summed E-state index contributed by atoms with van der Waals surface area (Å²) in [7, 11) is -7.33.